The lowest BCUT2D eigenvalue weighted by atomic mass is 9.97. The summed E-state index contributed by atoms with van der Waals surface area (Å²) in [4.78, 5) is 0.178. The lowest BCUT2D eigenvalue weighted by Crippen LogP contribution is -2.28. The molecule has 1 saturated carbocycles. The first-order valence-corrected chi connectivity index (χ1v) is 8.92. The van der Waals surface area contributed by atoms with E-state index in [4.69, 9.17) is 4.74 Å². The van der Waals surface area contributed by atoms with E-state index >= 15 is 0 Å². The number of nitrogens with zero attached hydrogens (tertiary/aromatic N) is 1. The van der Waals surface area contributed by atoms with Gasteiger partial charge < -0.3 is 4.74 Å². The van der Waals surface area contributed by atoms with Gasteiger partial charge in [0.05, 0.1) is 18.1 Å². The average molecular weight is 307 g/mol. The third-order valence-corrected chi connectivity index (χ3v) is 6.23. The van der Waals surface area contributed by atoms with Crippen LogP contribution in [0, 0.1) is 17.2 Å². The molecule has 4 nitrogen and oxygen atoms in total. The Kier molecular flexibility index (Phi) is 5.24. The molecule has 1 aliphatic rings. The number of hydrogen-bond donors (Lipinski definition) is 0. The van der Waals surface area contributed by atoms with Crippen molar-refractivity contribution in [3.8, 4) is 11.8 Å². The number of nitriles is 1. The maximum absolute atomic E-state index is 12.8. The van der Waals surface area contributed by atoms with Crippen LogP contribution in [0.4, 0.5) is 0 Å². The van der Waals surface area contributed by atoms with Crippen molar-refractivity contribution in [2.75, 3.05) is 7.11 Å². The van der Waals surface area contributed by atoms with Gasteiger partial charge >= 0.3 is 0 Å². The van der Waals surface area contributed by atoms with Crippen molar-refractivity contribution >= 4 is 9.84 Å². The third-order valence-electron chi connectivity index (χ3n) is 4.16. The van der Waals surface area contributed by atoms with E-state index in [0.29, 0.717) is 5.75 Å². The van der Waals surface area contributed by atoms with Crippen molar-refractivity contribution in [3.05, 3.63) is 24.3 Å². The lowest BCUT2D eigenvalue weighted by molar-refractivity contribution is 0.413. The Hall–Kier alpha value is -1.54. The molecule has 0 amide bonds. The molecule has 0 saturated heterocycles. The van der Waals surface area contributed by atoms with Crippen LogP contribution in [0.3, 0.4) is 0 Å². The van der Waals surface area contributed by atoms with Crippen LogP contribution < -0.4 is 4.74 Å². The number of sulfone groups is 1. The van der Waals surface area contributed by atoms with Crippen molar-refractivity contribution in [1.29, 1.82) is 5.26 Å². The van der Waals surface area contributed by atoms with E-state index in [1.165, 1.54) is 13.2 Å². The van der Waals surface area contributed by atoms with E-state index in [2.05, 4.69) is 0 Å². The Balaban J connectivity index is 2.32. The van der Waals surface area contributed by atoms with Gasteiger partial charge in [-0.3, -0.25) is 0 Å². The maximum atomic E-state index is 12.8. The monoisotopic (exact) mass is 307 g/mol. The van der Waals surface area contributed by atoms with E-state index in [1.807, 2.05) is 6.07 Å². The first kappa shape index (κ1) is 15.8. The van der Waals surface area contributed by atoms with Crippen LogP contribution >= 0.6 is 0 Å². The van der Waals surface area contributed by atoms with Gasteiger partial charge in [-0.2, -0.15) is 5.26 Å². The topological polar surface area (TPSA) is 67.2 Å². The zero-order chi connectivity index (χ0) is 15.3. The molecule has 0 spiro atoms. The van der Waals surface area contributed by atoms with Gasteiger partial charge in [0.25, 0.3) is 0 Å². The van der Waals surface area contributed by atoms with Gasteiger partial charge in [0, 0.05) is 0 Å². The Morgan fingerprint density at radius 1 is 1.24 bits per heavy atom. The van der Waals surface area contributed by atoms with E-state index in [9.17, 15) is 13.7 Å². The largest absolute Gasteiger partial charge is 0.497 e. The van der Waals surface area contributed by atoms with Crippen LogP contribution in [0.2, 0.25) is 0 Å². The van der Waals surface area contributed by atoms with Crippen LogP contribution in [0.5, 0.6) is 5.75 Å². The zero-order valence-electron chi connectivity index (χ0n) is 12.3. The predicted octanol–water partition coefficient (Wildman–Crippen LogP) is 3.33. The zero-order valence-corrected chi connectivity index (χ0v) is 13.1. The fourth-order valence-corrected chi connectivity index (χ4v) is 4.73. The molecule has 0 heterocycles. The first-order chi connectivity index (χ1) is 10.1. The minimum Gasteiger partial charge on any atom is -0.497 e. The van der Waals surface area contributed by atoms with E-state index < -0.39 is 15.1 Å². The Morgan fingerprint density at radius 2 is 1.90 bits per heavy atom. The summed E-state index contributed by atoms with van der Waals surface area (Å²) in [5, 5.41) is 8.48. The Morgan fingerprint density at radius 3 is 2.48 bits per heavy atom. The summed E-state index contributed by atoms with van der Waals surface area (Å²) in [6.07, 6.45) is 5.93. The second-order valence-corrected chi connectivity index (χ2v) is 7.59. The Labute approximate surface area is 126 Å². The van der Waals surface area contributed by atoms with Crippen molar-refractivity contribution < 1.29 is 13.2 Å². The summed E-state index contributed by atoms with van der Waals surface area (Å²) in [5.74, 6) is 0.433. The highest BCUT2D eigenvalue weighted by atomic mass is 32.2. The van der Waals surface area contributed by atoms with Crippen molar-refractivity contribution in [3.63, 3.8) is 0 Å². The average Bonchev–Trinajstić information content (AvgIpc) is 2.77. The van der Waals surface area contributed by atoms with Crippen LogP contribution in [0.1, 0.15) is 38.5 Å². The molecule has 1 aromatic carbocycles. The van der Waals surface area contributed by atoms with E-state index in [0.717, 1.165) is 38.5 Å². The van der Waals surface area contributed by atoms with E-state index in [-0.39, 0.29) is 10.8 Å². The van der Waals surface area contributed by atoms with Gasteiger partial charge in [-0.1, -0.05) is 31.7 Å². The highest BCUT2D eigenvalue weighted by Crippen LogP contribution is 2.32. The fourth-order valence-electron chi connectivity index (χ4n) is 2.97. The molecule has 114 valence electrons. The minimum atomic E-state index is -3.64. The molecule has 5 heteroatoms. The number of benzene rings is 1. The molecule has 1 unspecified atom stereocenters. The molecule has 0 aliphatic heterocycles. The van der Waals surface area contributed by atoms with Crippen LogP contribution in [-0.2, 0) is 9.84 Å². The molecule has 1 aromatic rings. The van der Waals surface area contributed by atoms with Crippen LogP contribution in [-0.4, -0.2) is 20.8 Å². The van der Waals surface area contributed by atoms with Crippen LogP contribution in [0.25, 0.3) is 0 Å². The van der Waals surface area contributed by atoms with Gasteiger partial charge in [-0.25, -0.2) is 8.42 Å². The minimum absolute atomic E-state index is 0.0614. The number of methoxy groups -OCH3 is 1. The molecule has 0 bridgehead atoms. The molecule has 0 aromatic heterocycles. The number of rotatable bonds is 4. The van der Waals surface area contributed by atoms with Gasteiger partial charge in [0.1, 0.15) is 5.75 Å². The molecular formula is C16H21NO3S. The van der Waals surface area contributed by atoms with Gasteiger partial charge in [-0.05, 0) is 37.0 Å². The van der Waals surface area contributed by atoms with Crippen molar-refractivity contribution in [1.82, 2.24) is 0 Å². The second-order valence-electron chi connectivity index (χ2n) is 5.53. The highest BCUT2D eigenvalue weighted by molar-refractivity contribution is 7.92. The molecular weight excluding hydrogens is 286 g/mol. The van der Waals surface area contributed by atoms with Crippen molar-refractivity contribution in [2.45, 2.75) is 48.7 Å². The normalized spacial score (nSPS) is 18.5. The maximum Gasteiger partial charge on any atom is 0.194 e. The molecule has 1 fully saturated rings. The van der Waals surface area contributed by atoms with Crippen LogP contribution in [0.15, 0.2) is 29.2 Å². The smallest absolute Gasteiger partial charge is 0.194 e. The molecule has 2 rings (SSSR count). The highest BCUT2D eigenvalue weighted by Gasteiger charge is 2.35. The predicted molar refractivity (Wildman–Crippen MR) is 80.8 cm³/mol. The van der Waals surface area contributed by atoms with E-state index in [1.54, 1.807) is 18.2 Å². The quantitative estimate of drug-likeness (QED) is 0.800. The molecule has 0 N–H and O–H groups in total. The number of hydrogen-bond acceptors (Lipinski definition) is 4. The van der Waals surface area contributed by atoms with Crippen molar-refractivity contribution in [2.24, 2.45) is 5.92 Å². The summed E-state index contributed by atoms with van der Waals surface area (Å²) in [6.45, 7) is 0. The molecule has 1 atom stereocenters. The van der Waals surface area contributed by atoms with Gasteiger partial charge in [-0.15, -0.1) is 0 Å². The Bertz CT molecular complexity index is 611. The molecule has 21 heavy (non-hydrogen) atoms. The fraction of sp³-hybridized carbons (Fsp3) is 0.562. The second kappa shape index (κ2) is 6.95. The SMILES string of the molecule is COc1cccc(S(=O)(=O)C(C#N)C2CCCCCC2)c1. The van der Waals surface area contributed by atoms with Gasteiger partial charge in [0.15, 0.2) is 15.1 Å². The molecule has 0 radical (unpaired) electrons. The summed E-state index contributed by atoms with van der Waals surface area (Å²) in [7, 11) is -2.14. The molecule has 1 aliphatic carbocycles. The summed E-state index contributed by atoms with van der Waals surface area (Å²) in [5.41, 5.74) is 0. The summed E-state index contributed by atoms with van der Waals surface area (Å²) in [6, 6.07) is 8.43. The summed E-state index contributed by atoms with van der Waals surface area (Å²) >= 11 is 0. The third kappa shape index (κ3) is 3.56. The number of ether oxygens (including phenoxy) is 1. The lowest BCUT2D eigenvalue weighted by Gasteiger charge is -2.20. The van der Waals surface area contributed by atoms with Gasteiger partial charge in [0.2, 0.25) is 0 Å². The summed E-state index contributed by atoms with van der Waals surface area (Å²) < 4.78 is 30.6. The first-order valence-electron chi connectivity index (χ1n) is 7.37. The standard InChI is InChI=1S/C16H21NO3S/c1-20-14-9-6-10-15(11-14)21(18,19)16(12-17)13-7-4-2-3-5-8-13/h6,9-11,13,16H,2-5,7-8H2,1H3.